The number of hydrogen-bond donors (Lipinski definition) is 1. The first-order valence-corrected chi connectivity index (χ1v) is 14.9. The largest absolute Gasteiger partial charge is 0.357 e. The SMILES string of the molecule is CNC(=O)[C@H](Cc1ccccc1)N(Cc1ccccc1)C(=O)CN(c1ccc(Cl)cc1)S(=O)(=O)c1ccc(C)cc1. The molecule has 2 amide bonds. The summed E-state index contributed by atoms with van der Waals surface area (Å²) < 4.78 is 28.9. The van der Waals surface area contributed by atoms with Crippen LogP contribution in [-0.2, 0) is 32.6 Å². The molecule has 0 aliphatic carbocycles. The molecule has 0 fully saturated rings. The zero-order chi connectivity index (χ0) is 29.4. The smallest absolute Gasteiger partial charge is 0.264 e. The van der Waals surface area contributed by atoms with Crippen LogP contribution in [0.2, 0.25) is 5.02 Å². The van der Waals surface area contributed by atoms with E-state index in [9.17, 15) is 18.0 Å². The predicted octanol–water partition coefficient (Wildman–Crippen LogP) is 5.23. The molecule has 1 atom stereocenters. The van der Waals surface area contributed by atoms with Crippen LogP contribution in [0.15, 0.2) is 114 Å². The zero-order valence-corrected chi connectivity index (χ0v) is 24.5. The van der Waals surface area contributed by atoms with Crippen molar-refractivity contribution < 1.29 is 18.0 Å². The molecular formula is C32H32ClN3O4S. The van der Waals surface area contributed by atoms with Crippen molar-refractivity contribution in [2.75, 3.05) is 17.9 Å². The van der Waals surface area contributed by atoms with Gasteiger partial charge in [-0.2, -0.15) is 0 Å². The van der Waals surface area contributed by atoms with Gasteiger partial charge < -0.3 is 10.2 Å². The fourth-order valence-electron chi connectivity index (χ4n) is 4.47. The summed E-state index contributed by atoms with van der Waals surface area (Å²) in [6.07, 6.45) is 0.255. The summed E-state index contributed by atoms with van der Waals surface area (Å²) >= 11 is 6.09. The first kappa shape index (κ1) is 29.8. The lowest BCUT2D eigenvalue weighted by molar-refractivity contribution is -0.139. The molecule has 0 aliphatic heterocycles. The van der Waals surface area contributed by atoms with Crippen molar-refractivity contribution in [3.05, 3.63) is 131 Å². The molecule has 41 heavy (non-hydrogen) atoms. The van der Waals surface area contributed by atoms with Gasteiger partial charge in [-0.1, -0.05) is 90.0 Å². The maximum absolute atomic E-state index is 14.2. The van der Waals surface area contributed by atoms with Gasteiger partial charge >= 0.3 is 0 Å². The van der Waals surface area contributed by atoms with Crippen LogP contribution in [-0.4, -0.2) is 44.8 Å². The van der Waals surface area contributed by atoms with Crippen LogP contribution >= 0.6 is 11.6 Å². The van der Waals surface area contributed by atoms with E-state index in [2.05, 4.69) is 5.32 Å². The van der Waals surface area contributed by atoms with Crippen LogP contribution in [0, 0.1) is 6.92 Å². The average Bonchev–Trinajstić information content (AvgIpc) is 2.99. The van der Waals surface area contributed by atoms with E-state index < -0.39 is 28.5 Å². The molecule has 4 aromatic rings. The highest BCUT2D eigenvalue weighted by Crippen LogP contribution is 2.26. The molecule has 0 bridgehead atoms. The lowest BCUT2D eigenvalue weighted by Gasteiger charge is -2.33. The minimum atomic E-state index is -4.15. The number of sulfonamides is 1. The van der Waals surface area contributed by atoms with Gasteiger partial charge in [0.05, 0.1) is 10.6 Å². The van der Waals surface area contributed by atoms with E-state index in [4.69, 9.17) is 11.6 Å². The molecule has 212 valence electrons. The van der Waals surface area contributed by atoms with E-state index in [1.165, 1.54) is 24.1 Å². The second kappa shape index (κ2) is 13.5. The second-order valence-corrected chi connectivity index (χ2v) is 11.9. The number of nitrogens with one attached hydrogen (secondary N) is 1. The summed E-state index contributed by atoms with van der Waals surface area (Å²) in [6.45, 7) is 1.46. The van der Waals surface area contributed by atoms with Crippen molar-refractivity contribution in [3.63, 3.8) is 0 Å². The first-order chi connectivity index (χ1) is 19.7. The Labute approximate surface area is 246 Å². The van der Waals surface area contributed by atoms with E-state index >= 15 is 0 Å². The van der Waals surface area contributed by atoms with E-state index in [0.717, 1.165) is 21.0 Å². The van der Waals surface area contributed by atoms with Gasteiger partial charge in [0.15, 0.2) is 0 Å². The van der Waals surface area contributed by atoms with Crippen LogP contribution in [0.25, 0.3) is 0 Å². The van der Waals surface area contributed by atoms with Crippen LogP contribution in [0.1, 0.15) is 16.7 Å². The summed E-state index contributed by atoms with van der Waals surface area (Å²) in [4.78, 5) is 28.9. The Hall–Kier alpha value is -4.14. The number of hydrogen-bond acceptors (Lipinski definition) is 4. The highest BCUT2D eigenvalue weighted by Gasteiger charge is 2.34. The monoisotopic (exact) mass is 589 g/mol. The fraction of sp³-hybridized carbons (Fsp3) is 0.188. The fourth-order valence-corrected chi connectivity index (χ4v) is 6.01. The summed E-state index contributed by atoms with van der Waals surface area (Å²) in [7, 11) is -2.63. The van der Waals surface area contributed by atoms with Gasteiger partial charge in [-0.15, -0.1) is 0 Å². The third kappa shape index (κ3) is 7.54. The van der Waals surface area contributed by atoms with Gasteiger partial charge in [-0.05, 0) is 54.4 Å². The Morgan fingerprint density at radius 1 is 0.805 bits per heavy atom. The second-order valence-electron chi connectivity index (χ2n) is 9.63. The summed E-state index contributed by atoms with van der Waals surface area (Å²) in [6, 6.07) is 30.5. The topological polar surface area (TPSA) is 86.8 Å². The van der Waals surface area contributed by atoms with E-state index in [1.807, 2.05) is 67.6 Å². The molecular weight excluding hydrogens is 558 g/mol. The van der Waals surface area contributed by atoms with Gasteiger partial charge in [0, 0.05) is 25.0 Å². The summed E-state index contributed by atoms with van der Waals surface area (Å²) in [5, 5.41) is 3.11. The quantitative estimate of drug-likeness (QED) is 0.260. The normalized spacial score (nSPS) is 11.9. The number of nitrogens with zero attached hydrogens (tertiary/aromatic N) is 2. The first-order valence-electron chi connectivity index (χ1n) is 13.1. The molecule has 0 saturated heterocycles. The molecule has 4 aromatic carbocycles. The number of carbonyl (C=O) groups is 2. The van der Waals surface area contributed by atoms with Crippen molar-refractivity contribution in [2.45, 2.75) is 30.8 Å². The Morgan fingerprint density at radius 3 is 1.93 bits per heavy atom. The number of benzene rings is 4. The number of anilines is 1. The molecule has 0 spiro atoms. The van der Waals surface area contributed by atoms with Gasteiger partial charge in [0.25, 0.3) is 10.0 Å². The maximum atomic E-state index is 14.2. The molecule has 0 aromatic heterocycles. The molecule has 9 heteroatoms. The third-order valence-corrected chi connectivity index (χ3v) is 8.76. The molecule has 0 saturated carbocycles. The number of halogens is 1. The summed E-state index contributed by atoms with van der Waals surface area (Å²) in [5.41, 5.74) is 2.86. The van der Waals surface area contributed by atoms with Crippen molar-refractivity contribution in [1.29, 1.82) is 0 Å². The number of amides is 2. The Morgan fingerprint density at radius 2 is 1.37 bits per heavy atom. The Kier molecular flexibility index (Phi) is 9.81. The van der Waals surface area contributed by atoms with Gasteiger partial charge in [-0.25, -0.2) is 8.42 Å². The highest BCUT2D eigenvalue weighted by molar-refractivity contribution is 7.92. The lowest BCUT2D eigenvalue weighted by Crippen LogP contribution is -2.53. The van der Waals surface area contributed by atoms with Gasteiger partial charge in [0.2, 0.25) is 11.8 Å². The standard InChI is InChI=1S/C32H32ClN3O4S/c1-24-13-19-29(20-14-24)41(39,40)36(28-17-15-27(33)16-18-28)23-31(37)35(22-26-11-7-4-8-12-26)30(32(38)34-2)21-25-9-5-3-6-10-25/h3-20,30H,21-23H2,1-2H3,(H,34,38)/t30-/m0/s1. The van der Waals surface area contributed by atoms with Crippen molar-refractivity contribution in [1.82, 2.24) is 10.2 Å². The predicted molar refractivity (Wildman–Crippen MR) is 162 cm³/mol. The van der Waals surface area contributed by atoms with E-state index in [1.54, 1.807) is 36.4 Å². The average molecular weight is 590 g/mol. The van der Waals surface area contributed by atoms with E-state index in [-0.39, 0.29) is 29.5 Å². The minimum Gasteiger partial charge on any atom is -0.357 e. The Bertz CT molecular complexity index is 1560. The molecule has 0 unspecified atom stereocenters. The number of aryl methyl sites for hydroxylation is 1. The lowest BCUT2D eigenvalue weighted by atomic mass is 10.0. The number of rotatable bonds is 11. The van der Waals surface area contributed by atoms with Crippen molar-refractivity contribution in [2.24, 2.45) is 0 Å². The molecule has 0 radical (unpaired) electrons. The zero-order valence-electron chi connectivity index (χ0n) is 22.9. The highest BCUT2D eigenvalue weighted by atomic mass is 35.5. The van der Waals surface area contributed by atoms with Crippen molar-refractivity contribution >= 4 is 39.1 Å². The van der Waals surface area contributed by atoms with Crippen LogP contribution in [0.5, 0.6) is 0 Å². The van der Waals surface area contributed by atoms with Gasteiger partial charge in [-0.3, -0.25) is 13.9 Å². The van der Waals surface area contributed by atoms with Crippen LogP contribution < -0.4 is 9.62 Å². The minimum absolute atomic E-state index is 0.0487. The molecule has 7 nitrogen and oxygen atoms in total. The molecule has 1 N–H and O–H groups in total. The molecule has 4 rings (SSSR count). The van der Waals surface area contributed by atoms with Crippen molar-refractivity contribution in [3.8, 4) is 0 Å². The molecule has 0 heterocycles. The Balaban J connectivity index is 1.77. The molecule has 0 aliphatic rings. The third-order valence-electron chi connectivity index (χ3n) is 6.72. The van der Waals surface area contributed by atoms with Crippen LogP contribution in [0.4, 0.5) is 5.69 Å². The van der Waals surface area contributed by atoms with E-state index in [0.29, 0.717) is 5.02 Å². The van der Waals surface area contributed by atoms with Gasteiger partial charge in [0.1, 0.15) is 12.6 Å². The number of likely N-dealkylation sites (N-methyl/N-ethyl adjacent to an activating group) is 1. The maximum Gasteiger partial charge on any atom is 0.264 e. The summed E-state index contributed by atoms with van der Waals surface area (Å²) in [5.74, 6) is -0.874. The number of carbonyl (C=O) groups excluding carboxylic acids is 2. The van der Waals surface area contributed by atoms with Crippen LogP contribution in [0.3, 0.4) is 0 Å².